The zero-order valence-electron chi connectivity index (χ0n) is 7.78. The predicted octanol–water partition coefficient (Wildman–Crippen LogP) is -0.782. The molecule has 0 fully saturated rings. The van der Waals surface area contributed by atoms with Gasteiger partial charge in [0, 0.05) is 41.4 Å². The van der Waals surface area contributed by atoms with E-state index in [0.29, 0.717) is 5.46 Å². The van der Waals surface area contributed by atoms with Crippen LogP contribution in [0.1, 0.15) is 0 Å². The van der Waals surface area contributed by atoms with Crippen molar-refractivity contribution in [3.8, 4) is 11.1 Å². The first-order chi connectivity index (χ1) is 7.27. The van der Waals surface area contributed by atoms with E-state index in [0.717, 1.165) is 11.1 Å². The van der Waals surface area contributed by atoms with Crippen molar-refractivity contribution >= 4 is 12.6 Å². The van der Waals surface area contributed by atoms with Gasteiger partial charge in [-0.1, -0.05) is 6.07 Å². The van der Waals surface area contributed by atoms with E-state index in [-0.39, 0.29) is 0 Å². The molecule has 0 aliphatic carbocycles. The maximum Gasteiger partial charge on any atom is 0.490 e. The lowest BCUT2D eigenvalue weighted by Crippen LogP contribution is -2.30. The Balaban J connectivity index is 2.42. The van der Waals surface area contributed by atoms with Gasteiger partial charge in [0.05, 0.1) is 0 Å². The number of rotatable bonds is 2. The normalized spacial score (nSPS) is 10.0. The summed E-state index contributed by atoms with van der Waals surface area (Å²) in [7, 11) is -1.51. The van der Waals surface area contributed by atoms with Crippen LogP contribution in [0.15, 0.2) is 37.2 Å². The lowest BCUT2D eigenvalue weighted by atomic mass is 9.81. The van der Waals surface area contributed by atoms with Gasteiger partial charge in [-0.25, -0.2) is 9.97 Å². The summed E-state index contributed by atoms with van der Waals surface area (Å²) in [6.45, 7) is 0. The molecule has 2 N–H and O–H groups in total. The van der Waals surface area contributed by atoms with Crippen molar-refractivity contribution in [1.29, 1.82) is 0 Å². The zero-order valence-corrected chi connectivity index (χ0v) is 7.78. The molecular weight excluding hydrogens is 193 g/mol. The van der Waals surface area contributed by atoms with E-state index in [4.69, 9.17) is 10.0 Å². The van der Waals surface area contributed by atoms with Crippen LogP contribution in [0.2, 0.25) is 0 Å². The van der Waals surface area contributed by atoms with Gasteiger partial charge in [-0.3, -0.25) is 4.98 Å². The summed E-state index contributed by atoms with van der Waals surface area (Å²) < 4.78 is 0. The topological polar surface area (TPSA) is 79.1 Å². The molecule has 2 heterocycles. The molecule has 0 aromatic carbocycles. The second-order valence-electron chi connectivity index (χ2n) is 3.01. The number of pyridine rings is 1. The van der Waals surface area contributed by atoms with Crippen molar-refractivity contribution in [3.05, 3.63) is 37.2 Å². The fourth-order valence-electron chi connectivity index (χ4n) is 1.20. The predicted molar refractivity (Wildman–Crippen MR) is 55.1 cm³/mol. The summed E-state index contributed by atoms with van der Waals surface area (Å²) in [5, 5.41) is 18.0. The fourth-order valence-corrected chi connectivity index (χ4v) is 1.20. The molecule has 0 saturated carbocycles. The summed E-state index contributed by atoms with van der Waals surface area (Å²) in [5.41, 5.74) is 1.88. The van der Waals surface area contributed by atoms with Gasteiger partial charge < -0.3 is 10.0 Å². The molecule has 0 aliphatic rings. The highest BCUT2D eigenvalue weighted by atomic mass is 16.4. The van der Waals surface area contributed by atoms with E-state index < -0.39 is 7.12 Å². The summed E-state index contributed by atoms with van der Waals surface area (Å²) in [4.78, 5) is 11.7. The van der Waals surface area contributed by atoms with Crippen LogP contribution in [0.3, 0.4) is 0 Å². The number of hydrogen-bond acceptors (Lipinski definition) is 5. The first-order valence-corrected chi connectivity index (χ1v) is 4.34. The van der Waals surface area contributed by atoms with Crippen molar-refractivity contribution in [2.24, 2.45) is 0 Å². The molecule has 6 heteroatoms. The Morgan fingerprint density at radius 3 is 2.20 bits per heavy atom. The lowest BCUT2D eigenvalue weighted by Gasteiger charge is -2.02. The Morgan fingerprint density at radius 1 is 0.867 bits per heavy atom. The summed E-state index contributed by atoms with van der Waals surface area (Å²) in [6, 6.07) is 1.64. The average Bonchev–Trinajstić information content (AvgIpc) is 2.30. The summed E-state index contributed by atoms with van der Waals surface area (Å²) in [6.07, 6.45) is 7.72. The maximum absolute atomic E-state index is 8.98. The Bertz CT molecular complexity index is 450. The Kier molecular flexibility index (Phi) is 2.71. The molecule has 2 aromatic heterocycles. The largest absolute Gasteiger partial charge is 0.490 e. The van der Waals surface area contributed by atoms with Crippen LogP contribution in [0.5, 0.6) is 0 Å². The summed E-state index contributed by atoms with van der Waals surface area (Å²) in [5.74, 6) is 0. The van der Waals surface area contributed by atoms with Gasteiger partial charge in [0.15, 0.2) is 0 Å². The molecule has 0 spiro atoms. The highest BCUT2D eigenvalue weighted by Crippen LogP contribution is 2.13. The zero-order chi connectivity index (χ0) is 10.7. The molecule has 0 radical (unpaired) electrons. The highest BCUT2D eigenvalue weighted by molar-refractivity contribution is 6.58. The summed E-state index contributed by atoms with van der Waals surface area (Å²) >= 11 is 0. The van der Waals surface area contributed by atoms with Gasteiger partial charge in [0.2, 0.25) is 0 Å². The van der Waals surface area contributed by atoms with Gasteiger partial charge in [-0.15, -0.1) is 0 Å². The number of hydrogen-bond donors (Lipinski definition) is 2. The van der Waals surface area contributed by atoms with Crippen molar-refractivity contribution in [1.82, 2.24) is 15.0 Å². The van der Waals surface area contributed by atoms with Crippen LogP contribution < -0.4 is 5.46 Å². The van der Waals surface area contributed by atoms with Gasteiger partial charge >= 0.3 is 7.12 Å². The standard InChI is InChI=1S/C9H8BN3O2/c14-10(15)9-1-7(2-11-5-9)8-3-12-6-13-4-8/h1-6,14-15H. The average molecular weight is 201 g/mol. The Hall–Kier alpha value is -1.79. The van der Waals surface area contributed by atoms with Crippen molar-refractivity contribution in [2.45, 2.75) is 0 Å². The van der Waals surface area contributed by atoms with Gasteiger partial charge in [0.1, 0.15) is 6.33 Å². The van der Waals surface area contributed by atoms with E-state index in [1.54, 1.807) is 24.7 Å². The minimum atomic E-state index is -1.51. The quantitative estimate of drug-likeness (QED) is 0.623. The van der Waals surface area contributed by atoms with E-state index in [1.807, 2.05) is 0 Å². The molecule has 0 unspecified atom stereocenters. The molecule has 74 valence electrons. The van der Waals surface area contributed by atoms with E-state index >= 15 is 0 Å². The first kappa shape index (κ1) is 9.76. The van der Waals surface area contributed by atoms with E-state index in [2.05, 4.69) is 15.0 Å². The smallest absolute Gasteiger partial charge is 0.423 e. The van der Waals surface area contributed by atoms with Crippen LogP contribution in [-0.4, -0.2) is 32.1 Å². The molecular formula is C9H8BN3O2. The molecule has 2 rings (SSSR count). The Labute approximate surface area is 86.6 Å². The maximum atomic E-state index is 8.98. The Morgan fingerprint density at radius 2 is 1.53 bits per heavy atom. The highest BCUT2D eigenvalue weighted by Gasteiger charge is 2.12. The molecule has 2 aromatic rings. The molecule has 0 saturated heterocycles. The molecule has 0 bridgehead atoms. The van der Waals surface area contributed by atoms with Crippen molar-refractivity contribution in [2.75, 3.05) is 0 Å². The molecule has 0 atom stereocenters. The third-order valence-corrected chi connectivity index (χ3v) is 1.95. The van der Waals surface area contributed by atoms with Crippen LogP contribution in [0.4, 0.5) is 0 Å². The molecule has 5 nitrogen and oxygen atoms in total. The molecule has 0 aliphatic heterocycles. The third-order valence-electron chi connectivity index (χ3n) is 1.95. The SMILES string of the molecule is OB(O)c1cncc(-c2cncnc2)c1. The van der Waals surface area contributed by atoms with E-state index in [1.165, 1.54) is 12.5 Å². The minimum Gasteiger partial charge on any atom is -0.423 e. The van der Waals surface area contributed by atoms with Crippen molar-refractivity contribution < 1.29 is 10.0 Å². The van der Waals surface area contributed by atoms with Crippen LogP contribution in [-0.2, 0) is 0 Å². The second kappa shape index (κ2) is 4.16. The monoisotopic (exact) mass is 201 g/mol. The van der Waals surface area contributed by atoms with Crippen LogP contribution >= 0.6 is 0 Å². The second-order valence-corrected chi connectivity index (χ2v) is 3.01. The van der Waals surface area contributed by atoms with Crippen LogP contribution in [0.25, 0.3) is 11.1 Å². The minimum absolute atomic E-state index is 0.344. The van der Waals surface area contributed by atoms with Gasteiger partial charge in [-0.05, 0) is 0 Å². The number of nitrogens with zero attached hydrogens (tertiary/aromatic N) is 3. The lowest BCUT2D eigenvalue weighted by molar-refractivity contribution is 0.425. The molecule has 0 amide bonds. The van der Waals surface area contributed by atoms with Crippen molar-refractivity contribution in [3.63, 3.8) is 0 Å². The third kappa shape index (κ3) is 2.17. The fraction of sp³-hybridized carbons (Fsp3) is 0. The van der Waals surface area contributed by atoms with Gasteiger partial charge in [-0.2, -0.15) is 0 Å². The molecule has 15 heavy (non-hydrogen) atoms. The number of aromatic nitrogens is 3. The van der Waals surface area contributed by atoms with Gasteiger partial charge in [0.25, 0.3) is 0 Å². The first-order valence-electron chi connectivity index (χ1n) is 4.34. The van der Waals surface area contributed by atoms with Crippen LogP contribution in [0, 0.1) is 0 Å². The van der Waals surface area contributed by atoms with E-state index in [9.17, 15) is 0 Å².